The molecule has 0 radical (unpaired) electrons. The number of phenolic OH excluding ortho intramolecular Hbond substituents is 1. The molecule has 0 saturated carbocycles. The number of aliphatic hydroxyl groups is 1. The zero-order valence-electron chi connectivity index (χ0n) is 10.0. The smallest absolute Gasteiger partial charge is 0.229 e. The first-order valence-electron chi connectivity index (χ1n) is 5.74. The SMILES string of the molecule is C[C@@H](O)c1cc2c(o1)C(=O)c1cccc(O)c1C2=O. The van der Waals surface area contributed by atoms with Crippen molar-refractivity contribution in [3.05, 3.63) is 52.5 Å². The monoisotopic (exact) mass is 258 g/mol. The quantitative estimate of drug-likeness (QED) is 0.695. The van der Waals surface area contributed by atoms with Crippen LogP contribution < -0.4 is 0 Å². The number of fused-ring (bicyclic) bond motifs is 2. The fourth-order valence-corrected chi connectivity index (χ4v) is 2.18. The van der Waals surface area contributed by atoms with Crippen LogP contribution in [0.5, 0.6) is 5.75 Å². The van der Waals surface area contributed by atoms with Crippen LogP contribution >= 0.6 is 0 Å². The molecule has 0 aliphatic heterocycles. The molecule has 0 bridgehead atoms. The molecular formula is C14H10O5. The van der Waals surface area contributed by atoms with Crippen molar-refractivity contribution in [3.8, 4) is 5.75 Å². The van der Waals surface area contributed by atoms with Crippen molar-refractivity contribution in [1.29, 1.82) is 0 Å². The van der Waals surface area contributed by atoms with E-state index in [2.05, 4.69) is 0 Å². The Bertz CT molecular complexity index is 709. The van der Waals surface area contributed by atoms with Gasteiger partial charge in [0.2, 0.25) is 11.6 Å². The Morgan fingerprint density at radius 1 is 1.16 bits per heavy atom. The summed E-state index contributed by atoms with van der Waals surface area (Å²) < 4.78 is 5.24. The highest BCUT2D eigenvalue weighted by molar-refractivity contribution is 6.28. The molecule has 0 spiro atoms. The fourth-order valence-electron chi connectivity index (χ4n) is 2.18. The Labute approximate surface area is 108 Å². The second-order valence-corrected chi connectivity index (χ2v) is 4.43. The Kier molecular flexibility index (Phi) is 2.33. The standard InChI is InChI=1S/C14H10O5/c1-6(15)10-5-8-12(17)11-7(3-2-4-9(11)16)13(18)14(8)19-10/h2-6,15-16H,1H3/t6-/m1/s1. The van der Waals surface area contributed by atoms with E-state index < -0.39 is 17.7 Å². The lowest BCUT2D eigenvalue weighted by molar-refractivity contribution is 0.0951. The van der Waals surface area contributed by atoms with Crippen LogP contribution in [0.3, 0.4) is 0 Å². The van der Waals surface area contributed by atoms with Crippen LogP contribution in [-0.2, 0) is 0 Å². The number of benzene rings is 1. The summed E-state index contributed by atoms with van der Waals surface area (Å²) in [6.45, 7) is 1.48. The predicted octanol–water partition coefficient (Wildman–Crippen LogP) is 1.81. The Hall–Kier alpha value is -2.40. The van der Waals surface area contributed by atoms with Gasteiger partial charge in [-0.1, -0.05) is 6.07 Å². The van der Waals surface area contributed by atoms with Gasteiger partial charge in [0.15, 0.2) is 5.76 Å². The molecule has 1 aromatic carbocycles. The van der Waals surface area contributed by atoms with E-state index in [0.29, 0.717) is 0 Å². The molecule has 1 aliphatic carbocycles. The normalized spacial score (nSPS) is 15.1. The summed E-state index contributed by atoms with van der Waals surface area (Å²) in [5.74, 6) is -1.11. The minimum absolute atomic E-state index is 0.0158. The minimum Gasteiger partial charge on any atom is -0.507 e. The maximum absolute atomic E-state index is 12.3. The van der Waals surface area contributed by atoms with Crippen LogP contribution in [0, 0.1) is 0 Å². The van der Waals surface area contributed by atoms with Gasteiger partial charge >= 0.3 is 0 Å². The number of hydrogen-bond donors (Lipinski definition) is 2. The molecule has 96 valence electrons. The van der Waals surface area contributed by atoms with Crippen molar-refractivity contribution >= 4 is 11.6 Å². The lowest BCUT2D eigenvalue weighted by Crippen LogP contribution is -2.19. The van der Waals surface area contributed by atoms with E-state index in [0.717, 1.165) is 0 Å². The lowest BCUT2D eigenvalue weighted by Gasteiger charge is -2.13. The van der Waals surface area contributed by atoms with Crippen molar-refractivity contribution in [3.63, 3.8) is 0 Å². The second-order valence-electron chi connectivity index (χ2n) is 4.43. The number of phenols is 1. The average Bonchev–Trinajstić information content (AvgIpc) is 2.81. The molecule has 0 fully saturated rings. The molecule has 2 N–H and O–H groups in total. The number of carbonyl (C=O) groups is 2. The lowest BCUT2D eigenvalue weighted by atomic mass is 9.88. The fraction of sp³-hybridized carbons (Fsp3) is 0.143. The van der Waals surface area contributed by atoms with Crippen LogP contribution in [0.2, 0.25) is 0 Å². The highest BCUT2D eigenvalue weighted by Crippen LogP contribution is 2.35. The zero-order valence-corrected chi connectivity index (χ0v) is 10.0. The molecule has 1 heterocycles. The summed E-state index contributed by atoms with van der Waals surface area (Å²) in [5, 5.41) is 19.2. The maximum Gasteiger partial charge on any atom is 0.229 e. The van der Waals surface area contributed by atoms with Gasteiger partial charge in [0.25, 0.3) is 0 Å². The number of rotatable bonds is 1. The van der Waals surface area contributed by atoms with Gasteiger partial charge in [-0.2, -0.15) is 0 Å². The topological polar surface area (TPSA) is 87.7 Å². The van der Waals surface area contributed by atoms with Crippen LogP contribution in [-0.4, -0.2) is 21.8 Å². The molecule has 1 aliphatic rings. The van der Waals surface area contributed by atoms with Crippen LogP contribution in [0.15, 0.2) is 28.7 Å². The van der Waals surface area contributed by atoms with Crippen LogP contribution in [0.4, 0.5) is 0 Å². The van der Waals surface area contributed by atoms with Gasteiger partial charge in [0.1, 0.15) is 17.6 Å². The molecule has 2 aromatic rings. The molecule has 5 heteroatoms. The van der Waals surface area contributed by atoms with E-state index in [1.165, 1.54) is 31.2 Å². The molecule has 0 unspecified atom stereocenters. The highest BCUT2D eigenvalue weighted by atomic mass is 16.4. The van der Waals surface area contributed by atoms with Crippen molar-refractivity contribution < 1.29 is 24.2 Å². The minimum atomic E-state index is -0.914. The zero-order chi connectivity index (χ0) is 13.7. The molecular weight excluding hydrogens is 248 g/mol. The maximum atomic E-state index is 12.3. The van der Waals surface area contributed by atoms with Gasteiger partial charge in [-0.05, 0) is 25.1 Å². The average molecular weight is 258 g/mol. The Balaban J connectivity index is 2.27. The van der Waals surface area contributed by atoms with E-state index in [-0.39, 0.29) is 34.0 Å². The summed E-state index contributed by atoms with van der Waals surface area (Å²) >= 11 is 0. The summed E-state index contributed by atoms with van der Waals surface area (Å²) in [5.41, 5.74) is 0.178. The third-order valence-corrected chi connectivity index (χ3v) is 3.13. The van der Waals surface area contributed by atoms with Gasteiger partial charge in [-0.3, -0.25) is 9.59 Å². The first kappa shape index (κ1) is 11.7. The van der Waals surface area contributed by atoms with Crippen molar-refractivity contribution in [1.82, 2.24) is 0 Å². The first-order chi connectivity index (χ1) is 9.00. The largest absolute Gasteiger partial charge is 0.507 e. The second kappa shape index (κ2) is 3.80. The number of aromatic hydroxyl groups is 1. The van der Waals surface area contributed by atoms with Gasteiger partial charge in [0.05, 0.1) is 11.1 Å². The Morgan fingerprint density at radius 2 is 1.89 bits per heavy atom. The molecule has 0 amide bonds. The van der Waals surface area contributed by atoms with Gasteiger partial charge < -0.3 is 14.6 Å². The van der Waals surface area contributed by atoms with Crippen molar-refractivity contribution in [2.45, 2.75) is 13.0 Å². The molecule has 1 aromatic heterocycles. The predicted molar refractivity (Wildman–Crippen MR) is 64.3 cm³/mol. The van der Waals surface area contributed by atoms with E-state index in [1.807, 2.05) is 0 Å². The third kappa shape index (κ3) is 1.52. The van der Waals surface area contributed by atoms with Crippen molar-refractivity contribution in [2.24, 2.45) is 0 Å². The van der Waals surface area contributed by atoms with Gasteiger partial charge in [-0.25, -0.2) is 0 Å². The molecule has 3 rings (SSSR count). The van der Waals surface area contributed by atoms with Crippen LogP contribution in [0.1, 0.15) is 50.8 Å². The summed E-state index contributed by atoms with van der Waals surface area (Å²) in [7, 11) is 0. The van der Waals surface area contributed by atoms with Gasteiger partial charge in [-0.15, -0.1) is 0 Å². The Morgan fingerprint density at radius 3 is 2.58 bits per heavy atom. The number of furan rings is 1. The number of ketones is 2. The van der Waals surface area contributed by atoms with E-state index in [1.54, 1.807) is 0 Å². The summed E-state index contributed by atoms with van der Waals surface area (Å²) in [6, 6.07) is 5.64. The first-order valence-corrected chi connectivity index (χ1v) is 5.74. The number of carbonyl (C=O) groups excluding carboxylic acids is 2. The number of aliphatic hydroxyl groups excluding tert-OH is 1. The molecule has 19 heavy (non-hydrogen) atoms. The summed E-state index contributed by atoms with van der Waals surface area (Å²) in [4.78, 5) is 24.5. The van der Waals surface area contributed by atoms with E-state index in [4.69, 9.17) is 4.42 Å². The van der Waals surface area contributed by atoms with E-state index in [9.17, 15) is 19.8 Å². The molecule has 5 nitrogen and oxygen atoms in total. The third-order valence-electron chi connectivity index (χ3n) is 3.13. The highest BCUT2D eigenvalue weighted by Gasteiger charge is 2.35. The van der Waals surface area contributed by atoms with E-state index >= 15 is 0 Å². The molecule has 0 saturated heterocycles. The van der Waals surface area contributed by atoms with Gasteiger partial charge in [0, 0.05) is 5.56 Å². The molecule has 1 atom stereocenters. The number of hydrogen-bond acceptors (Lipinski definition) is 5. The summed E-state index contributed by atoms with van der Waals surface area (Å²) in [6.07, 6.45) is -0.914. The van der Waals surface area contributed by atoms with Crippen molar-refractivity contribution in [2.75, 3.05) is 0 Å². The van der Waals surface area contributed by atoms with Crippen LogP contribution in [0.25, 0.3) is 0 Å².